The van der Waals surface area contributed by atoms with Crippen molar-refractivity contribution >= 4 is 54.8 Å². The van der Waals surface area contributed by atoms with E-state index in [2.05, 4.69) is 49.8 Å². The number of hydrogen-bond acceptors (Lipinski definition) is 2. The van der Waals surface area contributed by atoms with Crippen molar-refractivity contribution in [1.82, 2.24) is 4.98 Å². The summed E-state index contributed by atoms with van der Waals surface area (Å²) in [6.45, 7) is 2.10. The molecule has 0 aliphatic heterocycles. The third kappa shape index (κ3) is 3.11. The fourth-order valence-corrected chi connectivity index (χ4v) is 4.04. The Labute approximate surface area is 126 Å². The van der Waals surface area contributed by atoms with Gasteiger partial charge in [-0.2, -0.15) is 0 Å². The fraction of sp³-hybridized carbons (Fsp3) is 0.250. The molecule has 0 bridgehead atoms. The molecule has 0 aromatic carbocycles. The van der Waals surface area contributed by atoms with E-state index in [0.29, 0.717) is 0 Å². The molecule has 0 aliphatic carbocycles. The van der Waals surface area contributed by atoms with Crippen molar-refractivity contribution < 1.29 is 0 Å². The second kappa shape index (κ2) is 5.83. The highest BCUT2D eigenvalue weighted by molar-refractivity contribution is 9.13. The van der Waals surface area contributed by atoms with Crippen LogP contribution in [0.3, 0.4) is 0 Å². The molecule has 0 amide bonds. The maximum absolute atomic E-state index is 6.51. The van der Waals surface area contributed by atoms with Crippen LogP contribution in [0, 0.1) is 0 Å². The minimum Gasteiger partial charge on any atom is -0.261 e. The van der Waals surface area contributed by atoms with Crippen molar-refractivity contribution in [3.05, 3.63) is 49.3 Å². The zero-order chi connectivity index (χ0) is 12.4. The van der Waals surface area contributed by atoms with Crippen LogP contribution in [0.1, 0.15) is 28.8 Å². The van der Waals surface area contributed by atoms with Gasteiger partial charge in [0.1, 0.15) is 0 Å². The van der Waals surface area contributed by atoms with Crippen LogP contribution in [0.2, 0.25) is 0 Å². The van der Waals surface area contributed by atoms with E-state index in [1.54, 1.807) is 17.5 Å². The summed E-state index contributed by atoms with van der Waals surface area (Å²) in [5.41, 5.74) is 1.02. The summed E-state index contributed by atoms with van der Waals surface area (Å²) in [6.07, 6.45) is 1.80. The Morgan fingerprint density at radius 2 is 2.12 bits per heavy atom. The molecule has 0 saturated heterocycles. The first kappa shape index (κ1) is 13.5. The SMILES string of the molecule is CC(c1ccccn1)C(Cl)c1cc(Br)c(Br)s1. The number of hydrogen-bond donors (Lipinski definition) is 0. The van der Waals surface area contributed by atoms with Gasteiger partial charge in [-0.3, -0.25) is 4.98 Å². The molecular formula is C12H10Br2ClNS. The Kier molecular flexibility index (Phi) is 4.64. The van der Waals surface area contributed by atoms with Crippen molar-refractivity contribution in [2.75, 3.05) is 0 Å². The minimum atomic E-state index is -0.0579. The first-order valence-electron chi connectivity index (χ1n) is 5.09. The molecule has 5 heteroatoms. The van der Waals surface area contributed by atoms with Crippen molar-refractivity contribution in [2.24, 2.45) is 0 Å². The van der Waals surface area contributed by atoms with Crippen LogP contribution < -0.4 is 0 Å². The predicted molar refractivity (Wildman–Crippen MR) is 81.0 cm³/mol. The van der Waals surface area contributed by atoms with E-state index >= 15 is 0 Å². The van der Waals surface area contributed by atoms with Gasteiger partial charge in [-0.15, -0.1) is 22.9 Å². The number of rotatable bonds is 3. The quantitative estimate of drug-likeness (QED) is 0.603. The Balaban J connectivity index is 2.23. The van der Waals surface area contributed by atoms with Crippen molar-refractivity contribution in [3.63, 3.8) is 0 Å². The summed E-state index contributed by atoms with van der Waals surface area (Å²) in [5.74, 6) is 0.190. The number of pyridine rings is 1. The molecule has 2 heterocycles. The lowest BCUT2D eigenvalue weighted by Gasteiger charge is -2.15. The zero-order valence-electron chi connectivity index (χ0n) is 9.03. The van der Waals surface area contributed by atoms with Crippen molar-refractivity contribution in [3.8, 4) is 0 Å². The lowest BCUT2D eigenvalue weighted by molar-refractivity contribution is 0.715. The van der Waals surface area contributed by atoms with E-state index in [-0.39, 0.29) is 11.3 Å². The lowest BCUT2D eigenvalue weighted by Crippen LogP contribution is -2.02. The highest BCUT2D eigenvalue weighted by Crippen LogP contribution is 2.43. The van der Waals surface area contributed by atoms with Crippen LogP contribution in [-0.2, 0) is 0 Å². The molecule has 0 radical (unpaired) electrons. The monoisotopic (exact) mass is 393 g/mol. The van der Waals surface area contributed by atoms with Gasteiger partial charge >= 0.3 is 0 Å². The van der Waals surface area contributed by atoms with E-state index in [4.69, 9.17) is 11.6 Å². The topological polar surface area (TPSA) is 12.9 Å². The lowest BCUT2D eigenvalue weighted by atomic mass is 10.0. The standard InChI is InChI=1S/C12H10Br2ClNS/c1-7(9-4-2-3-5-16-9)11(15)10-6-8(13)12(14)17-10/h2-7,11H,1H3. The number of aromatic nitrogens is 1. The normalized spacial score (nSPS) is 14.6. The van der Waals surface area contributed by atoms with Crippen LogP contribution >= 0.6 is 54.8 Å². The summed E-state index contributed by atoms with van der Waals surface area (Å²) >= 11 is 15.1. The average Bonchev–Trinajstić information content (AvgIpc) is 2.69. The number of nitrogens with zero attached hydrogens (tertiary/aromatic N) is 1. The Bertz CT molecular complexity index is 481. The smallest absolute Gasteiger partial charge is 0.0843 e. The van der Waals surface area contributed by atoms with Gasteiger partial charge in [-0.25, -0.2) is 0 Å². The fourth-order valence-electron chi connectivity index (χ4n) is 1.54. The molecule has 0 N–H and O–H groups in total. The van der Waals surface area contributed by atoms with Gasteiger partial charge in [-0.1, -0.05) is 13.0 Å². The van der Waals surface area contributed by atoms with Crippen LogP contribution in [0.25, 0.3) is 0 Å². The van der Waals surface area contributed by atoms with Crippen LogP contribution in [0.5, 0.6) is 0 Å². The van der Waals surface area contributed by atoms with Gasteiger partial charge in [0, 0.05) is 27.2 Å². The molecule has 17 heavy (non-hydrogen) atoms. The zero-order valence-corrected chi connectivity index (χ0v) is 13.8. The first-order valence-corrected chi connectivity index (χ1v) is 7.93. The summed E-state index contributed by atoms with van der Waals surface area (Å²) in [6, 6.07) is 7.98. The molecule has 0 fully saturated rings. The number of thiophene rings is 1. The molecule has 0 aliphatic rings. The van der Waals surface area contributed by atoms with Crippen LogP contribution in [-0.4, -0.2) is 4.98 Å². The minimum absolute atomic E-state index is 0.0579. The molecule has 2 unspecified atom stereocenters. The van der Waals surface area contributed by atoms with E-state index < -0.39 is 0 Å². The summed E-state index contributed by atoms with van der Waals surface area (Å²) < 4.78 is 2.13. The number of alkyl halides is 1. The molecule has 0 spiro atoms. The van der Waals surface area contributed by atoms with Gasteiger partial charge in [0.2, 0.25) is 0 Å². The molecule has 2 atom stereocenters. The van der Waals surface area contributed by atoms with Gasteiger partial charge in [0.15, 0.2) is 0 Å². The predicted octanol–water partition coefficient (Wildman–Crippen LogP) is 5.75. The molecule has 2 aromatic rings. The molecule has 2 rings (SSSR count). The Morgan fingerprint density at radius 1 is 1.35 bits per heavy atom. The third-order valence-corrected chi connectivity index (χ3v) is 6.61. The van der Waals surface area contributed by atoms with E-state index in [1.807, 2.05) is 18.2 Å². The van der Waals surface area contributed by atoms with Gasteiger partial charge in [-0.05, 0) is 50.1 Å². The van der Waals surface area contributed by atoms with Gasteiger partial charge in [0.05, 0.1) is 9.16 Å². The molecule has 0 saturated carbocycles. The Hall–Kier alpha value is 0.1000. The first-order chi connectivity index (χ1) is 8.09. The molecule has 90 valence electrons. The maximum Gasteiger partial charge on any atom is 0.0843 e. The highest BCUT2D eigenvalue weighted by Gasteiger charge is 2.22. The van der Waals surface area contributed by atoms with E-state index in [9.17, 15) is 0 Å². The molecular weight excluding hydrogens is 385 g/mol. The van der Waals surface area contributed by atoms with Crippen molar-refractivity contribution in [2.45, 2.75) is 18.2 Å². The van der Waals surface area contributed by atoms with Gasteiger partial charge in [0.25, 0.3) is 0 Å². The maximum atomic E-state index is 6.51. The van der Waals surface area contributed by atoms with Crippen LogP contribution in [0.4, 0.5) is 0 Å². The number of halogens is 3. The largest absolute Gasteiger partial charge is 0.261 e. The van der Waals surface area contributed by atoms with E-state index in [1.165, 1.54) is 0 Å². The summed E-state index contributed by atoms with van der Waals surface area (Å²) in [5, 5.41) is -0.0579. The van der Waals surface area contributed by atoms with Crippen LogP contribution in [0.15, 0.2) is 38.7 Å². The second-order valence-corrected chi connectivity index (χ2v) is 7.44. The second-order valence-electron chi connectivity index (χ2n) is 3.72. The third-order valence-electron chi connectivity index (χ3n) is 2.53. The molecule has 2 aromatic heterocycles. The molecule has 1 nitrogen and oxygen atoms in total. The Morgan fingerprint density at radius 3 is 2.65 bits per heavy atom. The van der Waals surface area contributed by atoms with Crippen molar-refractivity contribution in [1.29, 1.82) is 0 Å². The summed E-state index contributed by atoms with van der Waals surface area (Å²) in [7, 11) is 0. The summed E-state index contributed by atoms with van der Waals surface area (Å²) in [4.78, 5) is 5.49. The average molecular weight is 396 g/mol. The van der Waals surface area contributed by atoms with Gasteiger partial charge < -0.3 is 0 Å². The highest BCUT2D eigenvalue weighted by atomic mass is 79.9. The van der Waals surface area contributed by atoms with E-state index in [0.717, 1.165) is 18.8 Å².